The molecule has 0 spiro atoms. The van der Waals surface area contributed by atoms with E-state index in [4.69, 9.17) is 16.9 Å². The SMILES string of the molecule is CC1(C)CN(S(=O)(=O)c2cc(C#N)ccc2Cl)CCN1. The smallest absolute Gasteiger partial charge is 0.244 e. The standard InChI is InChI=1S/C13H16ClN3O2S/c1-13(2)9-17(6-5-16-13)20(18,19)12-7-10(8-15)3-4-11(12)14/h3-4,7,16H,5-6,9H2,1-2H3. The van der Waals surface area contributed by atoms with Gasteiger partial charge in [0.15, 0.2) is 0 Å². The van der Waals surface area contributed by atoms with Crippen LogP contribution in [0.5, 0.6) is 0 Å². The lowest BCUT2D eigenvalue weighted by Gasteiger charge is -2.38. The molecule has 0 unspecified atom stereocenters. The van der Waals surface area contributed by atoms with E-state index in [1.807, 2.05) is 19.9 Å². The Morgan fingerprint density at radius 1 is 1.45 bits per heavy atom. The molecular weight excluding hydrogens is 298 g/mol. The number of hydrogen-bond acceptors (Lipinski definition) is 4. The predicted octanol–water partition coefficient (Wildman–Crippen LogP) is 1.58. The predicted molar refractivity (Wildman–Crippen MR) is 77.0 cm³/mol. The summed E-state index contributed by atoms with van der Waals surface area (Å²) in [6, 6.07) is 6.21. The fourth-order valence-corrected chi connectivity index (χ4v) is 4.31. The van der Waals surface area contributed by atoms with Crippen LogP contribution in [-0.2, 0) is 10.0 Å². The van der Waals surface area contributed by atoms with E-state index in [1.165, 1.54) is 22.5 Å². The summed E-state index contributed by atoms with van der Waals surface area (Å²) >= 11 is 6.00. The maximum Gasteiger partial charge on any atom is 0.244 e. The van der Waals surface area contributed by atoms with Crippen LogP contribution in [0.4, 0.5) is 0 Å². The minimum Gasteiger partial charge on any atom is -0.309 e. The summed E-state index contributed by atoms with van der Waals surface area (Å²) in [5.41, 5.74) is -0.00710. The Labute approximate surface area is 124 Å². The lowest BCUT2D eigenvalue weighted by molar-refractivity contribution is 0.233. The van der Waals surface area contributed by atoms with Crippen molar-refractivity contribution in [2.45, 2.75) is 24.3 Å². The highest BCUT2D eigenvalue weighted by atomic mass is 35.5. The average Bonchev–Trinajstić information content (AvgIpc) is 2.38. The van der Waals surface area contributed by atoms with Gasteiger partial charge in [0, 0.05) is 25.2 Å². The highest BCUT2D eigenvalue weighted by Gasteiger charge is 2.34. The summed E-state index contributed by atoms with van der Waals surface area (Å²) < 4.78 is 26.7. The van der Waals surface area contributed by atoms with Crippen LogP contribution in [-0.4, -0.2) is 37.9 Å². The van der Waals surface area contributed by atoms with E-state index in [0.717, 1.165) is 0 Å². The molecule has 1 fully saturated rings. The number of nitrogens with one attached hydrogen (secondary N) is 1. The molecule has 7 heteroatoms. The zero-order valence-corrected chi connectivity index (χ0v) is 12.9. The van der Waals surface area contributed by atoms with E-state index in [9.17, 15) is 8.42 Å². The second-order valence-corrected chi connectivity index (χ2v) is 7.72. The number of hydrogen-bond donors (Lipinski definition) is 1. The van der Waals surface area contributed by atoms with E-state index in [2.05, 4.69) is 5.32 Å². The fourth-order valence-electron chi connectivity index (χ4n) is 2.21. The molecule has 0 amide bonds. The van der Waals surface area contributed by atoms with Crippen molar-refractivity contribution >= 4 is 21.6 Å². The minimum absolute atomic E-state index is 0.00378. The highest BCUT2D eigenvalue weighted by Crippen LogP contribution is 2.27. The largest absolute Gasteiger partial charge is 0.309 e. The summed E-state index contributed by atoms with van der Waals surface area (Å²) in [6.45, 7) is 5.23. The van der Waals surface area contributed by atoms with Gasteiger partial charge < -0.3 is 5.32 Å². The van der Waals surface area contributed by atoms with Gasteiger partial charge in [0.1, 0.15) is 4.90 Å². The van der Waals surface area contributed by atoms with E-state index < -0.39 is 10.0 Å². The molecule has 1 N–H and O–H groups in total. The van der Waals surface area contributed by atoms with Crippen molar-refractivity contribution < 1.29 is 8.42 Å². The lowest BCUT2D eigenvalue weighted by Crippen LogP contribution is -2.58. The van der Waals surface area contributed by atoms with Crippen LogP contribution >= 0.6 is 11.6 Å². The molecule has 0 aliphatic carbocycles. The number of halogens is 1. The molecule has 5 nitrogen and oxygen atoms in total. The van der Waals surface area contributed by atoms with Crippen molar-refractivity contribution in [1.29, 1.82) is 5.26 Å². The number of sulfonamides is 1. The summed E-state index contributed by atoms with van der Waals surface area (Å²) in [4.78, 5) is -0.00378. The van der Waals surface area contributed by atoms with Gasteiger partial charge in [-0.15, -0.1) is 0 Å². The topological polar surface area (TPSA) is 73.2 Å². The quantitative estimate of drug-likeness (QED) is 0.899. The summed E-state index contributed by atoms with van der Waals surface area (Å²) in [5, 5.41) is 12.3. The zero-order valence-electron chi connectivity index (χ0n) is 11.4. The Kier molecular flexibility index (Phi) is 4.07. The second kappa shape index (κ2) is 5.34. The van der Waals surface area contributed by atoms with Crippen LogP contribution in [0.2, 0.25) is 5.02 Å². The van der Waals surface area contributed by atoms with Gasteiger partial charge in [-0.05, 0) is 32.0 Å². The van der Waals surface area contributed by atoms with Gasteiger partial charge in [-0.1, -0.05) is 11.6 Å². The van der Waals surface area contributed by atoms with Crippen LogP contribution in [0.15, 0.2) is 23.1 Å². The number of benzene rings is 1. The van der Waals surface area contributed by atoms with Gasteiger partial charge in [0.25, 0.3) is 0 Å². The average molecular weight is 314 g/mol. The maximum absolute atomic E-state index is 12.7. The first kappa shape index (κ1) is 15.3. The number of piperazine rings is 1. The number of rotatable bonds is 2. The third-order valence-corrected chi connectivity index (χ3v) is 5.54. The number of nitriles is 1. The van der Waals surface area contributed by atoms with Gasteiger partial charge in [0.05, 0.1) is 16.7 Å². The first-order valence-corrected chi connectivity index (χ1v) is 8.03. The van der Waals surface area contributed by atoms with Crippen molar-refractivity contribution in [3.05, 3.63) is 28.8 Å². The van der Waals surface area contributed by atoms with Gasteiger partial charge in [0.2, 0.25) is 10.0 Å². The maximum atomic E-state index is 12.7. The first-order chi connectivity index (χ1) is 9.26. The van der Waals surface area contributed by atoms with Crippen molar-refractivity contribution in [3.8, 4) is 6.07 Å². The van der Waals surface area contributed by atoms with E-state index in [1.54, 1.807) is 0 Å². The molecule has 2 rings (SSSR count). The molecule has 0 saturated carbocycles. The molecule has 0 bridgehead atoms. The molecule has 1 saturated heterocycles. The Hall–Kier alpha value is -1.13. The minimum atomic E-state index is -3.69. The van der Waals surface area contributed by atoms with Crippen molar-refractivity contribution in [3.63, 3.8) is 0 Å². The Balaban J connectivity index is 2.43. The molecule has 1 aliphatic rings. The first-order valence-electron chi connectivity index (χ1n) is 6.21. The molecule has 20 heavy (non-hydrogen) atoms. The van der Waals surface area contributed by atoms with Gasteiger partial charge in [-0.3, -0.25) is 0 Å². The van der Waals surface area contributed by atoms with E-state index >= 15 is 0 Å². The Bertz CT molecular complexity index is 665. The second-order valence-electron chi connectivity index (χ2n) is 5.41. The lowest BCUT2D eigenvalue weighted by atomic mass is 10.0. The Morgan fingerprint density at radius 2 is 2.15 bits per heavy atom. The van der Waals surface area contributed by atoms with Crippen molar-refractivity contribution in [2.75, 3.05) is 19.6 Å². The highest BCUT2D eigenvalue weighted by molar-refractivity contribution is 7.89. The van der Waals surface area contributed by atoms with E-state index in [0.29, 0.717) is 19.6 Å². The molecule has 0 radical (unpaired) electrons. The third-order valence-electron chi connectivity index (χ3n) is 3.21. The molecular formula is C13H16ClN3O2S. The molecule has 1 heterocycles. The third kappa shape index (κ3) is 2.96. The summed E-state index contributed by atoms with van der Waals surface area (Å²) in [6.07, 6.45) is 0. The van der Waals surface area contributed by atoms with Gasteiger partial charge in [-0.2, -0.15) is 9.57 Å². The molecule has 0 atom stereocenters. The monoisotopic (exact) mass is 313 g/mol. The molecule has 108 valence electrons. The Morgan fingerprint density at radius 3 is 2.75 bits per heavy atom. The number of nitrogens with zero attached hydrogens (tertiary/aromatic N) is 2. The summed E-state index contributed by atoms with van der Waals surface area (Å²) in [5.74, 6) is 0. The van der Waals surface area contributed by atoms with Crippen LogP contribution in [0.25, 0.3) is 0 Å². The van der Waals surface area contributed by atoms with Gasteiger partial charge in [-0.25, -0.2) is 8.42 Å². The normalized spacial score (nSPS) is 19.5. The van der Waals surface area contributed by atoms with Crippen LogP contribution in [0.3, 0.4) is 0 Å². The molecule has 1 aromatic carbocycles. The fraction of sp³-hybridized carbons (Fsp3) is 0.462. The van der Waals surface area contributed by atoms with Crippen molar-refractivity contribution in [2.24, 2.45) is 0 Å². The molecule has 1 aliphatic heterocycles. The molecule has 0 aromatic heterocycles. The van der Waals surface area contributed by atoms with Gasteiger partial charge >= 0.3 is 0 Å². The van der Waals surface area contributed by atoms with Crippen LogP contribution in [0, 0.1) is 11.3 Å². The van der Waals surface area contributed by atoms with E-state index in [-0.39, 0.29) is 21.0 Å². The van der Waals surface area contributed by atoms with Crippen molar-refractivity contribution in [1.82, 2.24) is 9.62 Å². The zero-order chi connectivity index (χ0) is 15.0. The van der Waals surface area contributed by atoms with Crippen LogP contribution < -0.4 is 5.32 Å². The van der Waals surface area contributed by atoms with Crippen LogP contribution in [0.1, 0.15) is 19.4 Å². The summed E-state index contributed by atoms with van der Waals surface area (Å²) in [7, 11) is -3.69. The molecule has 1 aromatic rings.